The minimum absolute atomic E-state index is 0.0829. The van der Waals surface area contributed by atoms with Crippen LogP contribution >= 0.6 is 0 Å². The van der Waals surface area contributed by atoms with Gasteiger partial charge < -0.3 is 5.11 Å². The van der Waals surface area contributed by atoms with E-state index in [2.05, 4.69) is 5.43 Å². The first kappa shape index (κ1) is 8.96. The molecule has 3 nitrogen and oxygen atoms in total. The van der Waals surface area contributed by atoms with E-state index in [9.17, 15) is 4.39 Å². The molecule has 0 spiro atoms. The molecule has 0 fully saturated rings. The Morgan fingerprint density at radius 3 is 2.75 bits per heavy atom. The topological polar surface area (TPSA) is 58.3 Å². The molecule has 1 aromatic rings. The lowest BCUT2D eigenvalue weighted by molar-refractivity contribution is 0.464. The Bertz CT molecular complexity index is 278. The number of halogens is 1. The molecule has 1 rings (SSSR count). The molecule has 0 aliphatic heterocycles. The Balaban J connectivity index is 3.01. The van der Waals surface area contributed by atoms with Crippen LogP contribution in [0, 0.1) is 5.82 Å². The van der Waals surface area contributed by atoms with Crippen LogP contribution in [0.4, 0.5) is 4.39 Å². The average molecular weight is 170 g/mol. The van der Waals surface area contributed by atoms with Gasteiger partial charge in [0.1, 0.15) is 11.6 Å². The maximum Gasteiger partial charge on any atom is 0.131 e. The van der Waals surface area contributed by atoms with E-state index in [-0.39, 0.29) is 11.8 Å². The fraction of sp³-hybridized carbons (Fsp3) is 0.250. The number of phenols is 1. The molecule has 1 aromatic carbocycles. The van der Waals surface area contributed by atoms with Gasteiger partial charge in [0.15, 0.2) is 0 Å². The van der Waals surface area contributed by atoms with Crippen molar-refractivity contribution in [2.75, 3.05) is 0 Å². The van der Waals surface area contributed by atoms with Crippen LogP contribution in [0.3, 0.4) is 0 Å². The van der Waals surface area contributed by atoms with Gasteiger partial charge in [-0.25, -0.2) is 4.39 Å². The lowest BCUT2D eigenvalue weighted by Crippen LogP contribution is -2.26. The van der Waals surface area contributed by atoms with Crippen molar-refractivity contribution >= 4 is 0 Å². The molecule has 1 atom stereocenters. The van der Waals surface area contributed by atoms with Gasteiger partial charge in [-0.1, -0.05) is 6.07 Å². The van der Waals surface area contributed by atoms with E-state index < -0.39 is 5.82 Å². The minimum atomic E-state index is -0.458. The summed E-state index contributed by atoms with van der Waals surface area (Å²) in [6.45, 7) is 1.73. The number of benzene rings is 1. The van der Waals surface area contributed by atoms with Gasteiger partial charge in [0, 0.05) is 17.7 Å². The Hall–Kier alpha value is -1.13. The van der Waals surface area contributed by atoms with Gasteiger partial charge in [0.05, 0.1) is 0 Å². The normalized spacial score (nSPS) is 12.9. The number of rotatable bonds is 2. The molecule has 4 N–H and O–H groups in total. The fourth-order valence-electron chi connectivity index (χ4n) is 0.957. The molecule has 4 heteroatoms. The third-order valence-electron chi connectivity index (χ3n) is 1.70. The summed E-state index contributed by atoms with van der Waals surface area (Å²) in [7, 11) is 0. The molecule has 12 heavy (non-hydrogen) atoms. The van der Waals surface area contributed by atoms with Crippen molar-refractivity contribution < 1.29 is 9.50 Å². The zero-order valence-electron chi connectivity index (χ0n) is 6.71. The van der Waals surface area contributed by atoms with Crippen LogP contribution in [0.1, 0.15) is 18.5 Å². The van der Waals surface area contributed by atoms with Crippen molar-refractivity contribution in [3.63, 3.8) is 0 Å². The SMILES string of the molecule is C[C@@H](NN)c1ccc(O)cc1F. The van der Waals surface area contributed by atoms with Gasteiger partial charge in [-0.15, -0.1) is 0 Å². The van der Waals surface area contributed by atoms with E-state index >= 15 is 0 Å². The largest absolute Gasteiger partial charge is 0.508 e. The van der Waals surface area contributed by atoms with Gasteiger partial charge in [0.25, 0.3) is 0 Å². The van der Waals surface area contributed by atoms with Crippen molar-refractivity contribution in [2.24, 2.45) is 5.84 Å². The molecular formula is C8H11FN2O. The van der Waals surface area contributed by atoms with Crippen LogP contribution in [0.5, 0.6) is 5.75 Å². The molecular weight excluding hydrogens is 159 g/mol. The maximum absolute atomic E-state index is 13.0. The van der Waals surface area contributed by atoms with Crippen LogP contribution < -0.4 is 11.3 Å². The molecule has 0 aromatic heterocycles. The standard InChI is InChI=1S/C8H11FN2O/c1-5(11-10)7-3-2-6(12)4-8(7)9/h2-5,11-12H,10H2,1H3/t5-/m1/s1. The first-order chi connectivity index (χ1) is 5.65. The molecule has 0 saturated carbocycles. The van der Waals surface area contributed by atoms with E-state index in [1.165, 1.54) is 12.1 Å². The van der Waals surface area contributed by atoms with Crippen molar-refractivity contribution in [1.82, 2.24) is 5.43 Å². The molecule has 0 bridgehead atoms. The summed E-state index contributed by atoms with van der Waals surface area (Å²) in [6.07, 6.45) is 0. The molecule has 0 aliphatic rings. The van der Waals surface area contributed by atoms with Gasteiger partial charge in [-0.2, -0.15) is 0 Å². The molecule has 0 heterocycles. The number of aromatic hydroxyl groups is 1. The molecule has 0 radical (unpaired) electrons. The Labute approximate surface area is 70.0 Å². The Morgan fingerprint density at radius 2 is 2.25 bits per heavy atom. The summed E-state index contributed by atoms with van der Waals surface area (Å²) in [4.78, 5) is 0. The highest BCUT2D eigenvalue weighted by Crippen LogP contribution is 2.19. The van der Waals surface area contributed by atoms with Crippen LogP contribution in [-0.2, 0) is 0 Å². The summed E-state index contributed by atoms with van der Waals surface area (Å²) < 4.78 is 13.0. The zero-order chi connectivity index (χ0) is 9.14. The number of hydrogen-bond donors (Lipinski definition) is 3. The summed E-state index contributed by atoms with van der Waals surface area (Å²) >= 11 is 0. The summed E-state index contributed by atoms with van der Waals surface area (Å²) in [5.41, 5.74) is 2.86. The van der Waals surface area contributed by atoms with Gasteiger partial charge >= 0.3 is 0 Å². The van der Waals surface area contributed by atoms with E-state index in [4.69, 9.17) is 10.9 Å². The highest BCUT2D eigenvalue weighted by molar-refractivity contribution is 5.29. The van der Waals surface area contributed by atoms with Gasteiger partial charge in [-0.05, 0) is 13.0 Å². The van der Waals surface area contributed by atoms with Crippen molar-refractivity contribution in [1.29, 1.82) is 0 Å². The van der Waals surface area contributed by atoms with Crippen LogP contribution in [0.25, 0.3) is 0 Å². The van der Waals surface area contributed by atoms with Crippen molar-refractivity contribution in [3.05, 3.63) is 29.6 Å². The second kappa shape index (κ2) is 3.51. The number of phenolic OH excluding ortho intramolecular Hbond substituents is 1. The van der Waals surface area contributed by atoms with E-state index in [0.717, 1.165) is 6.07 Å². The van der Waals surface area contributed by atoms with Crippen LogP contribution in [0.2, 0.25) is 0 Å². The number of nitrogens with two attached hydrogens (primary N) is 1. The molecule has 66 valence electrons. The third kappa shape index (κ3) is 1.72. The first-order valence-electron chi connectivity index (χ1n) is 3.59. The number of hydrazine groups is 1. The number of nitrogens with one attached hydrogen (secondary N) is 1. The Kier molecular flexibility index (Phi) is 2.62. The summed E-state index contributed by atoms with van der Waals surface area (Å²) in [5.74, 6) is 4.59. The van der Waals surface area contributed by atoms with E-state index in [1.54, 1.807) is 6.92 Å². The third-order valence-corrected chi connectivity index (χ3v) is 1.70. The van der Waals surface area contributed by atoms with Crippen LogP contribution in [-0.4, -0.2) is 5.11 Å². The van der Waals surface area contributed by atoms with Gasteiger partial charge in [0.2, 0.25) is 0 Å². The molecule has 0 aliphatic carbocycles. The monoisotopic (exact) mass is 170 g/mol. The van der Waals surface area contributed by atoms with E-state index in [1.807, 2.05) is 0 Å². The average Bonchev–Trinajstić information content (AvgIpc) is 2.03. The first-order valence-corrected chi connectivity index (χ1v) is 3.59. The maximum atomic E-state index is 13.0. The molecule has 0 amide bonds. The Morgan fingerprint density at radius 1 is 1.58 bits per heavy atom. The quantitative estimate of drug-likeness (QED) is 0.459. The van der Waals surface area contributed by atoms with E-state index in [0.29, 0.717) is 5.56 Å². The van der Waals surface area contributed by atoms with Crippen LogP contribution in [0.15, 0.2) is 18.2 Å². The lowest BCUT2D eigenvalue weighted by atomic mass is 10.1. The van der Waals surface area contributed by atoms with Gasteiger partial charge in [-0.3, -0.25) is 11.3 Å². The molecule has 0 saturated heterocycles. The fourth-order valence-corrected chi connectivity index (χ4v) is 0.957. The minimum Gasteiger partial charge on any atom is -0.508 e. The predicted octanol–water partition coefficient (Wildman–Crippen LogP) is 1.06. The highest BCUT2D eigenvalue weighted by Gasteiger charge is 2.08. The second-order valence-corrected chi connectivity index (χ2v) is 2.59. The lowest BCUT2D eigenvalue weighted by Gasteiger charge is -2.10. The number of hydrogen-bond acceptors (Lipinski definition) is 3. The predicted molar refractivity (Wildman–Crippen MR) is 43.8 cm³/mol. The van der Waals surface area contributed by atoms with Crippen molar-refractivity contribution in [2.45, 2.75) is 13.0 Å². The van der Waals surface area contributed by atoms with Crippen molar-refractivity contribution in [3.8, 4) is 5.75 Å². The second-order valence-electron chi connectivity index (χ2n) is 2.59. The summed E-state index contributed by atoms with van der Waals surface area (Å²) in [5, 5.41) is 8.90. The zero-order valence-corrected chi connectivity index (χ0v) is 6.71. The highest BCUT2D eigenvalue weighted by atomic mass is 19.1. The molecule has 0 unspecified atom stereocenters. The summed E-state index contributed by atoms with van der Waals surface area (Å²) in [6, 6.07) is 3.72. The smallest absolute Gasteiger partial charge is 0.131 e.